The van der Waals surface area contributed by atoms with Crippen molar-refractivity contribution in [1.82, 2.24) is 5.43 Å². The number of ether oxygens (including phenoxy) is 1. The van der Waals surface area contributed by atoms with E-state index < -0.39 is 6.10 Å². The van der Waals surface area contributed by atoms with E-state index in [2.05, 4.69) is 22.7 Å². The second kappa shape index (κ2) is 9.30. The van der Waals surface area contributed by atoms with Gasteiger partial charge in [0.1, 0.15) is 5.75 Å². The number of halogens is 2. The number of hydrogen-bond acceptors (Lipinski definition) is 3. The summed E-state index contributed by atoms with van der Waals surface area (Å²) in [7, 11) is 0. The van der Waals surface area contributed by atoms with Crippen molar-refractivity contribution in [2.75, 3.05) is 0 Å². The molecule has 2 aromatic rings. The molecule has 0 heterocycles. The number of aryl methyl sites for hydroxylation is 1. The molecule has 1 atom stereocenters. The average Bonchev–Trinajstić information content (AvgIpc) is 2.57. The Kier molecular flexibility index (Phi) is 7.09. The molecule has 0 radical (unpaired) electrons. The fourth-order valence-electron chi connectivity index (χ4n) is 1.96. The highest BCUT2D eigenvalue weighted by molar-refractivity contribution is 6.35. The third-order valence-corrected chi connectivity index (χ3v) is 3.77. The molecule has 0 aromatic heterocycles. The monoisotopic (exact) mass is 364 g/mol. The summed E-state index contributed by atoms with van der Waals surface area (Å²) in [5.41, 5.74) is 3.68. The Morgan fingerprint density at radius 2 is 2.00 bits per heavy atom. The van der Waals surface area contributed by atoms with E-state index in [0.29, 0.717) is 15.8 Å². The molecule has 0 fully saturated rings. The molecule has 2 rings (SSSR count). The normalized spacial score (nSPS) is 12.1. The molecule has 6 heteroatoms. The Morgan fingerprint density at radius 3 is 2.71 bits per heavy atom. The van der Waals surface area contributed by atoms with Crippen LogP contribution in [0.1, 0.15) is 18.9 Å². The lowest BCUT2D eigenvalue weighted by molar-refractivity contribution is -0.127. The van der Waals surface area contributed by atoms with Crippen molar-refractivity contribution in [3.8, 4) is 5.75 Å². The van der Waals surface area contributed by atoms with Gasteiger partial charge >= 0.3 is 0 Å². The van der Waals surface area contributed by atoms with E-state index in [0.717, 1.165) is 12.8 Å². The van der Waals surface area contributed by atoms with Crippen LogP contribution >= 0.6 is 23.2 Å². The van der Waals surface area contributed by atoms with E-state index >= 15 is 0 Å². The molecule has 126 valence electrons. The van der Waals surface area contributed by atoms with Crippen LogP contribution < -0.4 is 10.2 Å². The van der Waals surface area contributed by atoms with Gasteiger partial charge in [0.25, 0.3) is 5.91 Å². The van der Waals surface area contributed by atoms with Crippen LogP contribution in [-0.2, 0) is 11.2 Å². The van der Waals surface area contributed by atoms with Crippen LogP contribution in [0.4, 0.5) is 0 Å². The molecule has 0 saturated carbocycles. The predicted octanol–water partition coefficient (Wildman–Crippen LogP) is 4.50. The molecule has 2 aromatic carbocycles. The number of nitrogens with one attached hydrogen (secondary N) is 1. The Bertz CT molecular complexity index is 705. The minimum atomic E-state index is -0.727. The van der Waals surface area contributed by atoms with Crippen LogP contribution in [-0.4, -0.2) is 18.2 Å². The van der Waals surface area contributed by atoms with E-state index in [1.54, 1.807) is 31.3 Å². The van der Waals surface area contributed by atoms with Gasteiger partial charge in [-0.3, -0.25) is 4.79 Å². The molecular weight excluding hydrogens is 347 g/mol. The van der Waals surface area contributed by atoms with E-state index in [1.807, 2.05) is 18.2 Å². The molecule has 0 bridgehead atoms. The fourth-order valence-corrected chi connectivity index (χ4v) is 2.41. The van der Waals surface area contributed by atoms with Crippen LogP contribution in [0.2, 0.25) is 10.0 Å². The zero-order chi connectivity index (χ0) is 17.4. The first-order valence-corrected chi connectivity index (χ1v) is 8.29. The summed E-state index contributed by atoms with van der Waals surface area (Å²) in [6.45, 7) is 1.62. The minimum absolute atomic E-state index is 0.350. The highest BCUT2D eigenvalue weighted by atomic mass is 35.5. The molecular formula is C18H18Cl2N2O2. The van der Waals surface area contributed by atoms with E-state index in [-0.39, 0.29) is 5.91 Å². The molecule has 1 amide bonds. The maximum Gasteiger partial charge on any atom is 0.280 e. The zero-order valence-corrected chi connectivity index (χ0v) is 14.7. The van der Waals surface area contributed by atoms with Crippen LogP contribution in [0.5, 0.6) is 5.75 Å². The summed E-state index contributed by atoms with van der Waals surface area (Å²) < 4.78 is 5.51. The second-order valence-corrected chi connectivity index (χ2v) is 5.99. The first-order chi connectivity index (χ1) is 11.6. The largest absolute Gasteiger partial charge is 0.479 e. The van der Waals surface area contributed by atoms with Crippen LogP contribution in [0.3, 0.4) is 0 Å². The topological polar surface area (TPSA) is 50.7 Å². The molecule has 0 aliphatic heterocycles. The molecule has 24 heavy (non-hydrogen) atoms. The van der Waals surface area contributed by atoms with Crippen molar-refractivity contribution in [2.24, 2.45) is 5.10 Å². The van der Waals surface area contributed by atoms with Gasteiger partial charge in [0.05, 0.1) is 5.02 Å². The number of amides is 1. The highest BCUT2D eigenvalue weighted by Crippen LogP contribution is 2.28. The third-order valence-electron chi connectivity index (χ3n) is 3.24. The number of hydrazone groups is 1. The Hall–Kier alpha value is -2.04. The van der Waals surface area contributed by atoms with Gasteiger partial charge in [0.15, 0.2) is 6.10 Å². The predicted molar refractivity (Wildman–Crippen MR) is 97.9 cm³/mol. The smallest absolute Gasteiger partial charge is 0.280 e. The number of carbonyl (C=O) groups is 1. The lowest BCUT2D eigenvalue weighted by Crippen LogP contribution is -2.33. The Labute approximate surface area is 151 Å². The summed E-state index contributed by atoms with van der Waals surface area (Å²) in [5, 5.41) is 4.79. The molecule has 4 nitrogen and oxygen atoms in total. The minimum Gasteiger partial charge on any atom is -0.479 e. The van der Waals surface area contributed by atoms with E-state index in [4.69, 9.17) is 27.9 Å². The zero-order valence-electron chi connectivity index (χ0n) is 13.2. The fraction of sp³-hybridized carbons (Fsp3) is 0.222. The SMILES string of the molecule is CC(Oc1ccc(Cl)cc1Cl)C(=O)NN=CCCc1ccccc1. The van der Waals surface area contributed by atoms with Crippen LogP contribution in [0.25, 0.3) is 0 Å². The first kappa shape index (κ1) is 18.3. The van der Waals surface area contributed by atoms with Gasteiger partial charge < -0.3 is 4.74 Å². The lowest BCUT2D eigenvalue weighted by atomic mass is 10.1. The molecule has 0 aliphatic rings. The second-order valence-electron chi connectivity index (χ2n) is 5.15. The molecule has 0 saturated heterocycles. The van der Waals surface area contributed by atoms with Gasteiger partial charge in [-0.05, 0) is 43.5 Å². The lowest BCUT2D eigenvalue weighted by Gasteiger charge is -2.14. The highest BCUT2D eigenvalue weighted by Gasteiger charge is 2.15. The standard InChI is InChI=1S/C18H18Cl2N2O2/c1-13(24-17-10-9-15(19)12-16(17)20)18(23)22-21-11-5-8-14-6-3-2-4-7-14/h2-4,6-7,9-13H,5,8H2,1H3,(H,22,23). The third kappa shape index (κ3) is 5.87. The molecule has 0 aliphatic carbocycles. The number of nitrogens with zero attached hydrogens (tertiary/aromatic N) is 1. The van der Waals surface area contributed by atoms with Gasteiger partial charge in [-0.25, -0.2) is 5.43 Å². The van der Waals surface area contributed by atoms with Crippen molar-refractivity contribution >= 4 is 35.3 Å². The van der Waals surface area contributed by atoms with Gasteiger partial charge in [-0.1, -0.05) is 53.5 Å². The maximum atomic E-state index is 11.9. The van der Waals surface area contributed by atoms with Crippen molar-refractivity contribution in [1.29, 1.82) is 0 Å². The van der Waals surface area contributed by atoms with Crippen molar-refractivity contribution in [2.45, 2.75) is 25.9 Å². The number of rotatable bonds is 7. The molecule has 0 spiro atoms. The Balaban J connectivity index is 1.76. The van der Waals surface area contributed by atoms with Crippen LogP contribution in [0, 0.1) is 0 Å². The van der Waals surface area contributed by atoms with E-state index in [9.17, 15) is 4.79 Å². The molecule has 1 unspecified atom stereocenters. The first-order valence-electron chi connectivity index (χ1n) is 7.53. The summed E-state index contributed by atoms with van der Waals surface area (Å²) in [6, 6.07) is 14.9. The number of carbonyl (C=O) groups excluding carboxylic acids is 1. The van der Waals surface area contributed by atoms with Crippen LogP contribution in [0.15, 0.2) is 53.6 Å². The summed E-state index contributed by atoms with van der Waals surface area (Å²) in [6.07, 6.45) is 2.55. The summed E-state index contributed by atoms with van der Waals surface area (Å²) in [4.78, 5) is 11.9. The quantitative estimate of drug-likeness (QED) is 0.580. The maximum absolute atomic E-state index is 11.9. The van der Waals surface area contributed by atoms with Crippen molar-refractivity contribution in [3.05, 3.63) is 64.1 Å². The van der Waals surface area contributed by atoms with Crippen molar-refractivity contribution < 1.29 is 9.53 Å². The van der Waals surface area contributed by atoms with Gasteiger partial charge in [-0.15, -0.1) is 0 Å². The summed E-state index contributed by atoms with van der Waals surface area (Å²) in [5.74, 6) is 0.0498. The Morgan fingerprint density at radius 1 is 1.25 bits per heavy atom. The van der Waals surface area contributed by atoms with Gasteiger partial charge in [0.2, 0.25) is 0 Å². The van der Waals surface area contributed by atoms with E-state index in [1.165, 1.54) is 5.56 Å². The van der Waals surface area contributed by atoms with Gasteiger partial charge in [0, 0.05) is 11.2 Å². The number of hydrogen-bond donors (Lipinski definition) is 1. The number of benzene rings is 2. The van der Waals surface area contributed by atoms with Crippen molar-refractivity contribution in [3.63, 3.8) is 0 Å². The van der Waals surface area contributed by atoms with Gasteiger partial charge in [-0.2, -0.15) is 5.10 Å². The average molecular weight is 365 g/mol. The summed E-state index contributed by atoms with van der Waals surface area (Å²) >= 11 is 11.8. The molecule has 1 N–H and O–H groups in total.